The predicted octanol–water partition coefficient (Wildman–Crippen LogP) is 1.76. The second-order valence-electron chi connectivity index (χ2n) is 5.37. The van der Waals surface area contributed by atoms with Crippen molar-refractivity contribution in [3.05, 3.63) is 0 Å². The molecule has 0 amide bonds. The number of sulfonamides is 1. The van der Waals surface area contributed by atoms with E-state index in [2.05, 4.69) is 23.9 Å². The smallest absolute Gasteiger partial charge is 0.212 e. The van der Waals surface area contributed by atoms with Crippen LogP contribution in [0.15, 0.2) is 0 Å². The van der Waals surface area contributed by atoms with E-state index in [9.17, 15) is 8.42 Å². The van der Waals surface area contributed by atoms with Gasteiger partial charge in [-0.25, -0.2) is 13.1 Å². The standard InChI is InChI=1S/C12H26N2O2S.ClH/c1-4-5-10(2)9-17(15,16)14-12-6-7-13-8-11(12)3;/h10-14H,4-9H2,1-3H3;1H. The molecule has 1 aliphatic rings. The van der Waals surface area contributed by atoms with Crippen LogP contribution in [-0.2, 0) is 10.0 Å². The summed E-state index contributed by atoms with van der Waals surface area (Å²) in [5.41, 5.74) is 0. The number of hydrogen-bond donors (Lipinski definition) is 2. The third-order valence-electron chi connectivity index (χ3n) is 3.40. The fraction of sp³-hybridized carbons (Fsp3) is 1.00. The van der Waals surface area contributed by atoms with Crippen LogP contribution in [0.25, 0.3) is 0 Å². The number of nitrogens with one attached hydrogen (secondary N) is 2. The van der Waals surface area contributed by atoms with Gasteiger partial charge in [-0.3, -0.25) is 0 Å². The van der Waals surface area contributed by atoms with Crippen molar-refractivity contribution >= 4 is 22.4 Å². The summed E-state index contributed by atoms with van der Waals surface area (Å²) < 4.78 is 26.9. The van der Waals surface area contributed by atoms with Gasteiger partial charge in [0.2, 0.25) is 10.0 Å². The molecule has 1 saturated heterocycles. The van der Waals surface area contributed by atoms with E-state index >= 15 is 0 Å². The van der Waals surface area contributed by atoms with Gasteiger partial charge in [-0.2, -0.15) is 0 Å². The third kappa shape index (κ3) is 6.36. The molecule has 1 aliphatic heterocycles. The fourth-order valence-electron chi connectivity index (χ4n) is 2.42. The lowest BCUT2D eigenvalue weighted by atomic mass is 9.97. The topological polar surface area (TPSA) is 58.2 Å². The van der Waals surface area contributed by atoms with Crippen molar-refractivity contribution in [1.29, 1.82) is 0 Å². The van der Waals surface area contributed by atoms with Gasteiger partial charge in [0.05, 0.1) is 5.75 Å². The average Bonchev–Trinajstić information content (AvgIpc) is 2.20. The molecule has 0 aromatic rings. The molecule has 0 bridgehead atoms. The molecule has 0 aromatic heterocycles. The van der Waals surface area contributed by atoms with Crippen LogP contribution >= 0.6 is 12.4 Å². The largest absolute Gasteiger partial charge is 0.316 e. The summed E-state index contributed by atoms with van der Waals surface area (Å²) in [5.74, 6) is 0.881. The summed E-state index contributed by atoms with van der Waals surface area (Å²) in [6.45, 7) is 7.99. The van der Waals surface area contributed by atoms with E-state index in [0.29, 0.717) is 5.92 Å². The molecule has 18 heavy (non-hydrogen) atoms. The summed E-state index contributed by atoms with van der Waals surface area (Å²) in [6.07, 6.45) is 2.91. The minimum Gasteiger partial charge on any atom is -0.316 e. The van der Waals surface area contributed by atoms with Crippen LogP contribution < -0.4 is 10.0 Å². The Labute approximate surface area is 118 Å². The highest BCUT2D eigenvalue weighted by Crippen LogP contribution is 2.13. The first-order valence-electron chi connectivity index (χ1n) is 6.65. The van der Waals surface area contributed by atoms with Crippen LogP contribution in [-0.4, -0.2) is 33.3 Å². The van der Waals surface area contributed by atoms with E-state index in [-0.39, 0.29) is 30.1 Å². The van der Waals surface area contributed by atoms with Crippen LogP contribution in [0.2, 0.25) is 0 Å². The van der Waals surface area contributed by atoms with Crippen molar-refractivity contribution in [3.8, 4) is 0 Å². The zero-order valence-electron chi connectivity index (χ0n) is 11.6. The highest BCUT2D eigenvalue weighted by Gasteiger charge is 2.26. The molecule has 0 spiro atoms. The molecule has 1 heterocycles. The van der Waals surface area contributed by atoms with E-state index in [0.717, 1.165) is 32.4 Å². The van der Waals surface area contributed by atoms with Crippen molar-refractivity contribution in [2.75, 3.05) is 18.8 Å². The predicted molar refractivity (Wildman–Crippen MR) is 78.7 cm³/mol. The van der Waals surface area contributed by atoms with Gasteiger partial charge in [0.15, 0.2) is 0 Å². The lowest BCUT2D eigenvalue weighted by Gasteiger charge is -2.30. The van der Waals surface area contributed by atoms with Crippen LogP contribution in [0.1, 0.15) is 40.0 Å². The first-order valence-corrected chi connectivity index (χ1v) is 8.30. The highest BCUT2D eigenvalue weighted by molar-refractivity contribution is 7.89. The normalized spacial score (nSPS) is 26.4. The Morgan fingerprint density at radius 1 is 1.44 bits per heavy atom. The maximum absolute atomic E-state index is 12.0. The summed E-state index contributed by atoms with van der Waals surface area (Å²) >= 11 is 0. The number of halogens is 1. The van der Waals surface area contributed by atoms with Crippen LogP contribution in [0, 0.1) is 11.8 Å². The van der Waals surface area contributed by atoms with Crippen LogP contribution in [0.5, 0.6) is 0 Å². The molecule has 0 saturated carbocycles. The van der Waals surface area contributed by atoms with E-state index in [1.807, 2.05) is 6.92 Å². The maximum Gasteiger partial charge on any atom is 0.212 e. The molecule has 6 heteroatoms. The van der Waals surface area contributed by atoms with Crippen molar-refractivity contribution in [1.82, 2.24) is 10.0 Å². The molecule has 1 fully saturated rings. The highest BCUT2D eigenvalue weighted by atomic mass is 35.5. The van der Waals surface area contributed by atoms with Gasteiger partial charge in [0.25, 0.3) is 0 Å². The fourth-order valence-corrected chi connectivity index (χ4v) is 4.24. The number of hydrogen-bond acceptors (Lipinski definition) is 3. The molecule has 0 aliphatic carbocycles. The Morgan fingerprint density at radius 2 is 2.11 bits per heavy atom. The molecule has 0 radical (unpaired) electrons. The monoisotopic (exact) mass is 298 g/mol. The zero-order chi connectivity index (χ0) is 12.9. The molecular formula is C12H27ClN2O2S. The summed E-state index contributed by atoms with van der Waals surface area (Å²) in [6, 6.07) is 0.107. The van der Waals surface area contributed by atoms with E-state index in [1.54, 1.807) is 0 Å². The van der Waals surface area contributed by atoms with Crippen molar-refractivity contribution in [3.63, 3.8) is 0 Å². The molecule has 1 rings (SSSR count). The second kappa shape index (κ2) is 8.35. The SMILES string of the molecule is CCCC(C)CS(=O)(=O)NC1CCNCC1C.Cl. The average molecular weight is 299 g/mol. The lowest BCUT2D eigenvalue weighted by Crippen LogP contribution is -2.49. The van der Waals surface area contributed by atoms with Crippen LogP contribution in [0.4, 0.5) is 0 Å². The molecular weight excluding hydrogens is 272 g/mol. The Morgan fingerprint density at radius 3 is 2.67 bits per heavy atom. The molecule has 0 aromatic carbocycles. The Kier molecular flexibility index (Phi) is 8.43. The Balaban J connectivity index is 0.00000289. The zero-order valence-corrected chi connectivity index (χ0v) is 13.2. The minimum absolute atomic E-state index is 0. The lowest BCUT2D eigenvalue weighted by molar-refractivity contribution is 0.327. The van der Waals surface area contributed by atoms with Gasteiger partial charge in [-0.15, -0.1) is 12.4 Å². The van der Waals surface area contributed by atoms with Gasteiger partial charge in [-0.05, 0) is 37.8 Å². The van der Waals surface area contributed by atoms with Crippen LogP contribution in [0.3, 0.4) is 0 Å². The van der Waals surface area contributed by atoms with Crippen molar-refractivity contribution in [2.45, 2.75) is 46.1 Å². The van der Waals surface area contributed by atoms with E-state index in [4.69, 9.17) is 0 Å². The number of piperidine rings is 1. The molecule has 2 N–H and O–H groups in total. The summed E-state index contributed by atoms with van der Waals surface area (Å²) in [5, 5.41) is 3.28. The summed E-state index contributed by atoms with van der Waals surface area (Å²) in [4.78, 5) is 0. The third-order valence-corrected chi connectivity index (χ3v) is 5.07. The molecule has 3 unspecified atom stereocenters. The molecule has 110 valence electrons. The van der Waals surface area contributed by atoms with Gasteiger partial charge in [0.1, 0.15) is 0 Å². The minimum atomic E-state index is -3.11. The van der Waals surface area contributed by atoms with Gasteiger partial charge in [-0.1, -0.05) is 27.2 Å². The van der Waals surface area contributed by atoms with Gasteiger partial charge >= 0.3 is 0 Å². The quantitative estimate of drug-likeness (QED) is 0.785. The van der Waals surface area contributed by atoms with Crippen molar-refractivity contribution < 1.29 is 8.42 Å². The number of rotatable bonds is 6. The second-order valence-corrected chi connectivity index (χ2v) is 7.17. The Hall–Kier alpha value is 0.160. The first-order chi connectivity index (χ1) is 7.94. The molecule has 3 atom stereocenters. The van der Waals surface area contributed by atoms with Gasteiger partial charge in [0, 0.05) is 6.04 Å². The Bertz CT molecular complexity index is 322. The van der Waals surface area contributed by atoms with Gasteiger partial charge < -0.3 is 5.32 Å². The van der Waals surface area contributed by atoms with Crippen molar-refractivity contribution in [2.24, 2.45) is 11.8 Å². The first kappa shape index (κ1) is 18.2. The van der Waals surface area contributed by atoms with E-state index in [1.165, 1.54) is 0 Å². The maximum atomic E-state index is 12.0. The molecule has 4 nitrogen and oxygen atoms in total. The summed E-state index contributed by atoms with van der Waals surface area (Å²) in [7, 11) is -3.11. The van der Waals surface area contributed by atoms with E-state index < -0.39 is 10.0 Å².